The highest BCUT2D eigenvalue weighted by Gasteiger charge is 2.18. The van der Waals surface area contributed by atoms with Crippen LogP contribution in [-0.4, -0.2) is 36.1 Å². The van der Waals surface area contributed by atoms with Crippen LogP contribution in [0.25, 0.3) is 0 Å². The minimum Gasteiger partial charge on any atom is -0.463 e. The molecule has 0 aromatic rings. The average Bonchev–Trinajstić information content (AvgIpc) is 2.51. The SMILES string of the molecule is CCOC(=O)C#CC1C(CC)=CC=CN1/C=C/C(=O)OCC. The third-order valence-corrected chi connectivity index (χ3v) is 2.88. The van der Waals surface area contributed by atoms with Crippen LogP contribution in [0.5, 0.6) is 0 Å². The first-order valence-corrected chi connectivity index (χ1v) is 7.30. The molecule has 1 aliphatic rings. The van der Waals surface area contributed by atoms with Crippen molar-refractivity contribution < 1.29 is 19.1 Å². The lowest BCUT2D eigenvalue weighted by Gasteiger charge is -2.27. The average molecular weight is 303 g/mol. The van der Waals surface area contributed by atoms with Gasteiger partial charge in [0.05, 0.1) is 13.2 Å². The van der Waals surface area contributed by atoms with Gasteiger partial charge in [-0.1, -0.05) is 18.9 Å². The van der Waals surface area contributed by atoms with E-state index in [9.17, 15) is 9.59 Å². The number of hydrogen-bond donors (Lipinski definition) is 0. The van der Waals surface area contributed by atoms with Crippen LogP contribution in [0.2, 0.25) is 0 Å². The van der Waals surface area contributed by atoms with E-state index in [4.69, 9.17) is 9.47 Å². The van der Waals surface area contributed by atoms with Crippen LogP contribution in [0.4, 0.5) is 0 Å². The van der Waals surface area contributed by atoms with E-state index in [1.807, 2.05) is 19.1 Å². The Balaban J connectivity index is 2.89. The Bertz CT molecular complexity index is 549. The van der Waals surface area contributed by atoms with Crippen molar-refractivity contribution in [3.05, 3.63) is 36.2 Å². The van der Waals surface area contributed by atoms with Gasteiger partial charge in [-0.25, -0.2) is 9.59 Å². The van der Waals surface area contributed by atoms with Crippen LogP contribution < -0.4 is 0 Å². The summed E-state index contributed by atoms with van der Waals surface area (Å²) in [6, 6.07) is -0.301. The number of ether oxygens (including phenoxy) is 2. The fraction of sp³-hybridized carbons (Fsp3) is 0.412. The van der Waals surface area contributed by atoms with Gasteiger partial charge in [-0.2, -0.15) is 0 Å². The highest BCUT2D eigenvalue weighted by atomic mass is 16.5. The molecule has 0 bridgehead atoms. The van der Waals surface area contributed by atoms with Gasteiger partial charge in [0.1, 0.15) is 6.04 Å². The van der Waals surface area contributed by atoms with Gasteiger partial charge in [-0.15, -0.1) is 0 Å². The first-order chi connectivity index (χ1) is 10.6. The van der Waals surface area contributed by atoms with E-state index in [1.54, 1.807) is 31.1 Å². The van der Waals surface area contributed by atoms with Gasteiger partial charge in [0, 0.05) is 24.4 Å². The molecule has 22 heavy (non-hydrogen) atoms. The van der Waals surface area contributed by atoms with Crippen LogP contribution in [0.3, 0.4) is 0 Å². The van der Waals surface area contributed by atoms with Gasteiger partial charge in [-0.05, 0) is 31.9 Å². The second-order valence-electron chi connectivity index (χ2n) is 4.34. The standard InChI is InChI=1S/C17H21NO4/c1-4-14-8-7-12-18(13-11-17(20)22-6-3)15(14)9-10-16(19)21-5-2/h7-8,11-13,15H,4-6H2,1-3H3/b13-11+. The van der Waals surface area contributed by atoms with Crippen molar-refractivity contribution in [1.82, 2.24) is 4.90 Å². The Hall–Kier alpha value is -2.48. The van der Waals surface area contributed by atoms with Gasteiger partial charge >= 0.3 is 11.9 Å². The second kappa shape index (κ2) is 9.46. The summed E-state index contributed by atoms with van der Waals surface area (Å²) in [4.78, 5) is 24.6. The van der Waals surface area contributed by atoms with Crippen molar-refractivity contribution in [2.75, 3.05) is 13.2 Å². The van der Waals surface area contributed by atoms with Gasteiger partial charge in [0.2, 0.25) is 0 Å². The number of rotatable bonds is 5. The molecule has 0 saturated carbocycles. The minimum atomic E-state index is -0.554. The van der Waals surface area contributed by atoms with Crippen LogP contribution in [0.1, 0.15) is 27.2 Å². The summed E-state index contributed by atoms with van der Waals surface area (Å²) < 4.78 is 9.66. The van der Waals surface area contributed by atoms with Crippen molar-refractivity contribution in [2.45, 2.75) is 33.2 Å². The summed E-state index contributed by atoms with van der Waals surface area (Å²) in [7, 11) is 0. The molecule has 0 saturated heterocycles. The zero-order valence-corrected chi connectivity index (χ0v) is 13.2. The molecule has 1 aliphatic heterocycles. The van der Waals surface area contributed by atoms with Crippen molar-refractivity contribution in [3.8, 4) is 11.8 Å². The Morgan fingerprint density at radius 1 is 1.27 bits per heavy atom. The Labute approximate surface area is 131 Å². The van der Waals surface area contributed by atoms with Gasteiger partial charge in [0.15, 0.2) is 0 Å². The largest absolute Gasteiger partial charge is 0.463 e. The zero-order chi connectivity index (χ0) is 16.4. The summed E-state index contributed by atoms with van der Waals surface area (Å²) >= 11 is 0. The summed E-state index contributed by atoms with van der Waals surface area (Å²) in [5.41, 5.74) is 1.05. The van der Waals surface area contributed by atoms with Crippen LogP contribution in [-0.2, 0) is 19.1 Å². The number of esters is 2. The molecule has 5 nitrogen and oxygen atoms in total. The van der Waals surface area contributed by atoms with E-state index in [2.05, 4.69) is 11.8 Å². The first kappa shape index (κ1) is 17.6. The van der Waals surface area contributed by atoms with E-state index in [1.165, 1.54) is 6.08 Å². The number of allylic oxidation sites excluding steroid dienone is 2. The molecule has 1 heterocycles. The van der Waals surface area contributed by atoms with E-state index < -0.39 is 11.9 Å². The van der Waals surface area contributed by atoms with Crippen molar-refractivity contribution >= 4 is 11.9 Å². The molecule has 1 unspecified atom stereocenters. The molecule has 5 heteroatoms. The highest BCUT2D eigenvalue weighted by Crippen LogP contribution is 2.19. The Morgan fingerprint density at radius 2 is 2.00 bits per heavy atom. The Kier molecular flexibility index (Phi) is 7.55. The maximum Gasteiger partial charge on any atom is 0.384 e. The van der Waals surface area contributed by atoms with Crippen LogP contribution in [0.15, 0.2) is 36.2 Å². The van der Waals surface area contributed by atoms with Crippen molar-refractivity contribution in [1.29, 1.82) is 0 Å². The molecule has 0 spiro atoms. The summed E-state index contributed by atoms with van der Waals surface area (Å²) in [5.74, 6) is 4.40. The van der Waals surface area contributed by atoms with E-state index in [0.717, 1.165) is 12.0 Å². The van der Waals surface area contributed by atoms with E-state index in [-0.39, 0.29) is 6.04 Å². The Morgan fingerprint density at radius 3 is 2.64 bits per heavy atom. The molecule has 1 atom stereocenters. The molecular formula is C17H21NO4. The van der Waals surface area contributed by atoms with Gasteiger partial charge in [-0.3, -0.25) is 0 Å². The molecule has 0 aliphatic carbocycles. The third kappa shape index (κ3) is 5.49. The van der Waals surface area contributed by atoms with Crippen molar-refractivity contribution in [3.63, 3.8) is 0 Å². The molecule has 0 radical (unpaired) electrons. The maximum atomic E-state index is 11.4. The molecule has 1 rings (SSSR count). The monoisotopic (exact) mass is 303 g/mol. The minimum absolute atomic E-state index is 0.293. The van der Waals surface area contributed by atoms with Crippen LogP contribution in [0, 0.1) is 11.8 Å². The molecule has 0 fully saturated rings. The molecular weight excluding hydrogens is 282 g/mol. The second-order valence-corrected chi connectivity index (χ2v) is 4.34. The van der Waals surface area contributed by atoms with Crippen LogP contribution >= 0.6 is 0 Å². The van der Waals surface area contributed by atoms with E-state index >= 15 is 0 Å². The number of carbonyl (C=O) groups is 2. The number of nitrogens with zero attached hydrogens (tertiary/aromatic N) is 1. The third-order valence-electron chi connectivity index (χ3n) is 2.88. The normalized spacial score (nSPS) is 16.8. The molecule has 118 valence electrons. The highest BCUT2D eigenvalue weighted by molar-refractivity contribution is 5.88. The quantitative estimate of drug-likeness (QED) is 0.337. The summed E-state index contributed by atoms with van der Waals surface area (Å²) in [6.45, 7) is 6.11. The number of hydrogen-bond acceptors (Lipinski definition) is 5. The van der Waals surface area contributed by atoms with E-state index in [0.29, 0.717) is 13.2 Å². The predicted octanol–water partition coefficient (Wildman–Crippen LogP) is 2.16. The lowest BCUT2D eigenvalue weighted by molar-refractivity contribution is -0.137. The van der Waals surface area contributed by atoms with Gasteiger partial charge < -0.3 is 14.4 Å². The zero-order valence-electron chi connectivity index (χ0n) is 13.2. The van der Waals surface area contributed by atoms with Crippen molar-refractivity contribution in [2.24, 2.45) is 0 Å². The molecule has 0 aromatic heterocycles. The fourth-order valence-electron chi connectivity index (χ4n) is 1.88. The predicted molar refractivity (Wildman–Crippen MR) is 83.3 cm³/mol. The molecule has 0 N–H and O–H groups in total. The fourth-order valence-corrected chi connectivity index (χ4v) is 1.88. The maximum absolute atomic E-state index is 11.4. The summed E-state index contributed by atoms with van der Waals surface area (Å²) in [5, 5.41) is 0. The smallest absolute Gasteiger partial charge is 0.384 e. The summed E-state index contributed by atoms with van der Waals surface area (Å²) in [6.07, 6.45) is 9.35. The first-order valence-electron chi connectivity index (χ1n) is 7.30. The van der Waals surface area contributed by atoms with Gasteiger partial charge in [0.25, 0.3) is 0 Å². The topological polar surface area (TPSA) is 55.8 Å². The number of carbonyl (C=O) groups excluding carboxylic acids is 2. The molecule has 0 amide bonds. The molecule has 0 aromatic carbocycles. The lowest BCUT2D eigenvalue weighted by atomic mass is 10.0. The lowest BCUT2D eigenvalue weighted by Crippen LogP contribution is -2.29.